The number of ether oxygens (including phenoxy) is 9. The second-order valence-corrected chi connectivity index (χ2v) is 35.5. The minimum Gasteiger partial charge on any atom is -0.462 e. The molecule has 1 heterocycles. The summed E-state index contributed by atoms with van der Waals surface area (Å²) in [6, 6.07) is 0. The molecule has 19 heteroatoms. The van der Waals surface area contributed by atoms with E-state index in [4.69, 9.17) is 42.6 Å². The van der Waals surface area contributed by atoms with Gasteiger partial charge in [0.1, 0.15) is 41.2 Å². The molecule has 18 bridgehead atoms. The predicted octanol–water partition coefficient (Wildman–Crippen LogP) is 14.2. The Kier molecular flexibility index (Phi) is 23.5. The smallest absolute Gasteiger partial charge is 0.333 e. The third-order valence-electron chi connectivity index (χ3n) is 27.3. The fraction of sp³-hybridized carbons (Fsp3) is 0.771. The summed E-state index contributed by atoms with van der Waals surface area (Å²) in [5.41, 5.74) is 0.211. The molecule has 19 aliphatic rings. The Bertz CT molecular complexity index is 3180. The molecule has 0 aromatic heterocycles. The van der Waals surface area contributed by atoms with Gasteiger partial charge in [0.25, 0.3) is 0 Å². The van der Waals surface area contributed by atoms with Crippen LogP contribution in [0.4, 0.5) is 0 Å². The quantitative estimate of drug-likeness (QED) is 0.0457. The van der Waals surface area contributed by atoms with E-state index in [-0.39, 0.29) is 102 Å². The van der Waals surface area contributed by atoms with Gasteiger partial charge < -0.3 is 47.7 Å². The summed E-state index contributed by atoms with van der Waals surface area (Å²) in [6.45, 7) is 33.0. The zero-order valence-corrected chi connectivity index (χ0v) is 62.4. The third-order valence-corrected chi connectivity index (χ3v) is 27.3. The zero-order valence-electron chi connectivity index (χ0n) is 62.4. The zero-order chi connectivity index (χ0) is 73.5. The molecule has 19 nitrogen and oxygen atoms in total. The molecule has 564 valence electrons. The highest BCUT2D eigenvalue weighted by atomic mass is 16.6. The number of carbonyl (C=O) groups is 9. The van der Waals surface area contributed by atoms with Crippen molar-refractivity contribution in [3.8, 4) is 0 Å². The Morgan fingerprint density at radius 3 is 1.15 bits per heavy atom. The second kappa shape index (κ2) is 31.1. The van der Waals surface area contributed by atoms with Crippen LogP contribution in [-0.4, -0.2) is 119 Å². The first-order valence-corrected chi connectivity index (χ1v) is 38.9. The van der Waals surface area contributed by atoms with Crippen molar-refractivity contribution in [2.24, 2.45) is 101 Å². The second-order valence-electron chi connectivity index (χ2n) is 35.5. The first kappa shape index (κ1) is 77.0. The Morgan fingerprint density at radius 2 is 0.765 bits per heavy atom. The number of hydrogen-bond acceptors (Lipinski definition) is 19. The summed E-state index contributed by atoms with van der Waals surface area (Å²) < 4.78 is 49.3. The molecular weight excluding hydrogens is 1300 g/mol. The van der Waals surface area contributed by atoms with Crippen LogP contribution in [0.1, 0.15) is 242 Å². The third kappa shape index (κ3) is 17.2. The first-order valence-electron chi connectivity index (χ1n) is 38.9. The molecule has 0 aromatic rings. The summed E-state index contributed by atoms with van der Waals surface area (Å²) in [5, 5.41) is 10.5. The maximum absolute atomic E-state index is 12.3. The van der Waals surface area contributed by atoms with Gasteiger partial charge in [-0.05, 0) is 299 Å². The van der Waals surface area contributed by atoms with Crippen molar-refractivity contribution >= 4 is 53.7 Å². The summed E-state index contributed by atoms with van der Waals surface area (Å²) >= 11 is 0. The number of hydrogen-bond donors (Lipinski definition) is 1. The Hall–Kier alpha value is -6.11. The Morgan fingerprint density at radius 1 is 0.412 bits per heavy atom. The standard InChI is InChI=1S/C20H30O4.C19H28O4.C18H26O4.C14H20O3.C12H14O4/c1-13(2)19(22)23-7-5-4-6-18(21)24-20(3)16-9-14-8-15(11-16)12-17(20)10-14;1-12(2)18(21)22-6-4-5-17(20)23-19(3)15-8-13-7-14(10-15)11-16(19)9-13;1-11(2)17(20)21-5-4-16(19)22-18(3)14-7-12-6-13(9-14)10-15(18)8-12;1-9(2)12(15)17-14-6-10-3-11(7-14)5-13(16,4-10)8-14;1-5(2)11(13)15-9-6-3-7-8(4-6)12(14)16-10(7)9/h14-17H,1,4-12H2,2-3H3;13-16H,1,4-11H2,2-3H3;12-15H,1,4-10H2,2-3H3;10-11,16H,1,3-8H2,2H3;6-10H,1,3-4H2,2H3. The molecule has 1 aliphatic heterocycles. The van der Waals surface area contributed by atoms with Crippen molar-refractivity contribution in [1.29, 1.82) is 0 Å². The largest absolute Gasteiger partial charge is 0.462 e. The Balaban J connectivity index is 0.000000129. The highest BCUT2D eigenvalue weighted by molar-refractivity contribution is 5.89. The molecule has 19 fully saturated rings. The summed E-state index contributed by atoms with van der Waals surface area (Å²) in [4.78, 5) is 105. The van der Waals surface area contributed by atoms with Crippen LogP contribution in [0.25, 0.3) is 0 Å². The maximum atomic E-state index is 12.3. The van der Waals surface area contributed by atoms with Crippen molar-refractivity contribution in [2.45, 2.75) is 282 Å². The molecular formula is C83H118O19. The molecule has 0 amide bonds. The van der Waals surface area contributed by atoms with E-state index in [1.807, 2.05) is 0 Å². The normalized spacial score (nSPS) is 40.0. The molecule has 18 saturated carbocycles. The highest BCUT2D eigenvalue weighted by Gasteiger charge is 2.65. The van der Waals surface area contributed by atoms with Crippen LogP contribution in [0, 0.1) is 101 Å². The van der Waals surface area contributed by atoms with Gasteiger partial charge in [-0.2, -0.15) is 0 Å². The Labute approximate surface area is 604 Å². The minimum absolute atomic E-state index is 0.0646. The van der Waals surface area contributed by atoms with E-state index in [0.29, 0.717) is 126 Å². The van der Waals surface area contributed by atoms with Gasteiger partial charge in [0, 0.05) is 59.0 Å². The van der Waals surface area contributed by atoms with Gasteiger partial charge in [0.15, 0.2) is 0 Å². The van der Waals surface area contributed by atoms with Crippen LogP contribution < -0.4 is 0 Å². The van der Waals surface area contributed by atoms with Gasteiger partial charge >= 0.3 is 53.7 Å². The van der Waals surface area contributed by atoms with Crippen LogP contribution in [-0.2, 0) is 85.8 Å². The van der Waals surface area contributed by atoms with Crippen molar-refractivity contribution in [1.82, 2.24) is 0 Å². The fourth-order valence-corrected chi connectivity index (χ4v) is 23.1. The lowest BCUT2D eigenvalue weighted by Gasteiger charge is -2.59. The molecule has 0 spiro atoms. The molecule has 7 atom stereocenters. The van der Waals surface area contributed by atoms with Gasteiger partial charge in [-0.1, -0.05) is 32.9 Å². The first-order chi connectivity index (χ1) is 48.1. The fourth-order valence-electron chi connectivity index (χ4n) is 23.1. The van der Waals surface area contributed by atoms with Crippen molar-refractivity contribution < 1.29 is 90.9 Å². The summed E-state index contributed by atoms with van der Waals surface area (Å²) in [6.07, 6.45) is 28.5. The van der Waals surface area contributed by atoms with Crippen molar-refractivity contribution in [3.05, 3.63) is 60.8 Å². The lowest BCUT2D eigenvalue weighted by molar-refractivity contribution is -0.217. The molecule has 1 saturated heterocycles. The molecule has 0 aromatic carbocycles. The number of fused-ring (bicyclic) bond motifs is 1. The molecule has 1 N–H and O–H groups in total. The molecule has 7 unspecified atom stereocenters. The average molecular weight is 1420 g/mol. The monoisotopic (exact) mass is 1420 g/mol. The van der Waals surface area contributed by atoms with Crippen molar-refractivity contribution in [2.75, 3.05) is 19.8 Å². The van der Waals surface area contributed by atoms with Gasteiger partial charge in [-0.15, -0.1) is 0 Å². The van der Waals surface area contributed by atoms with Crippen LogP contribution in [0.3, 0.4) is 0 Å². The molecule has 18 aliphatic carbocycles. The van der Waals surface area contributed by atoms with Gasteiger partial charge in [0.05, 0.1) is 31.2 Å². The summed E-state index contributed by atoms with van der Waals surface area (Å²) in [5.74, 6) is 7.71. The number of unbranched alkanes of at least 4 members (excludes halogenated alkanes) is 1. The number of aliphatic hydroxyl groups is 1. The van der Waals surface area contributed by atoms with Crippen LogP contribution in [0.15, 0.2) is 60.8 Å². The van der Waals surface area contributed by atoms with Crippen molar-refractivity contribution in [3.63, 3.8) is 0 Å². The van der Waals surface area contributed by atoms with Crippen LogP contribution in [0.2, 0.25) is 0 Å². The summed E-state index contributed by atoms with van der Waals surface area (Å²) in [7, 11) is 0. The van der Waals surface area contributed by atoms with E-state index < -0.39 is 23.1 Å². The number of esters is 9. The minimum atomic E-state index is -0.570. The predicted molar refractivity (Wildman–Crippen MR) is 377 cm³/mol. The average Bonchev–Trinajstić information content (AvgIpc) is 0.813. The van der Waals surface area contributed by atoms with Crippen LogP contribution >= 0.6 is 0 Å². The maximum Gasteiger partial charge on any atom is 0.333 e. The molecule has 102 heavy (non-hydrogen) atoms. The van der Waals surface area contributed by atoms with E-state index in [0.717, 1.165) is 74.0 Å². The topological polar surface area (TPSA) is 257 Å². The van der Waals surface area contributed by atoms with E-state index in [9.17, 15) is 48.3 Å². The van der Waals surface area contributed by atoms with Crippen LogP contribution in [0.5, 0.6) is 0 Å². The van der Waals surface area contributed by atoms with Gasteiger partial charge in [-0.25, -0.2) is 24.0 Å². The lowest BCUT2D eigenvalue weighted by Crippen LogP contribution is -2.60. The van der Waals surface area contributed by atoms with E-state index in [1.54, 1.807) is 34.6 Å². The number of carbonyl (C=O) groups excluding carboxylic acids is 9. The lowest BCUT2D eigenvalue weighted by atomic mass is 9.50. The molecule has 19 rings (SSSR count). The molecule has 0 radical (unpaired) electrons. The SMILES string of the molecule is C=C(C)C(=O)OC12CC3CC(CC(O)(C3)C1)C2.C=C(C)C(=O)OC1C2CC3C(=O)OC1C3C2.C=C(C)C(=O)OCCC(=O)OC1(C)C2CC3CC(C2)CC1C3.C=C(C)C(=O)OCCCC(=O)OC1(C)C2CC3CC(C2)CC1C3.C=C(C)C(=O)OCCCCC(=O)OC1(C)C2CC3CC(C2)CC1C3. The highest BCUT2D eigenvalue weighted by Crippen LogP contribution is 2.64. The number of rotatable bonds is 22. The van der Waals surface area contributed by atoms with E-state index >= 15 is 0 Å². The van der Waals surface area contributed by atoms with E-state index in [2.05, 4.69) is 53.7 Å². The van der Waals surface area contributed by atoms with E-state index in [1.165, 1.54) is 103 Å². The van der Waals surface area contributed by atoms with Gasteiger partial charge in [0.2, 0.25) is 0 Å². The van der Waals surface area contributed by atoms with Gasteiger partial charge in [-0.3, -0.25) is 19.2 Å².